The molecule has 0 aromatic heterocycles. The summed E-state index contributed by atoms with van der Waals surface area (Å²) in [6.45, 7) is 5.88. The minimum absolute atomic E-state index is 0.185. The Morgan fingerprint density at radius 2 is 2.00 bits per heavy atom. The monoisotopic (exact) mass is 208 g/mol. The van der Waals surface area contributed by atoms with Crippen LogP contribution in [0.4, 0.5) is 0 Å². The highest BCUT2D eigenvalue weighted by atomic mass is 17.2. The van der Waals surface area contributed by atoms with Crippen LogP contribution in [-0.4, -0.2) is 17.8 Å². The first-order chi connectivity index (χ1) is 7.22. The van der Waals surface area contributed by atoms with Crippen molar-refractivity contribution in [3.63, 3.8) is 0 Å². The molecule has 0 saturated heterocycles. The predicted octanol–water partition coefficient (Wildman–Crippen LogP) is 2.16. The van der Waals surface area contributed by atoms with E-state index in [9.17, 15) is 0 Å². The van der Waals surface area contributed by atoms with E-state index >= 15 is 0 Å². The van der Waals surface area contributed by atoms with Crippen molar-refractivity contribution in [2.24, 2.45) is 0 Å². The van der Waals surface area contributed by atoms with E-state index in [0.29, 0.717) is 6.61 Å². The van der Waals surface area contributed by atoms with Crippen LogP contribution in [0.5, 0.6) is 0 Å². The molecule has 1 unspecified atom stereocenters. The average Bonchev–Trinajstić information content (AvgIpc) is 2.25. The Balaban J connectivity index is 2.28. The van der Waals surface area contributed by atoms with Gasteiger partial charge in [-0.05, 0) is 18.1 Å². The fourth-order valence-electron chi connectivity index (χ4n) is 1.01. The molecule has 0 aliphatic carbocycles. The van der Waals surface area contributed by atoms with Gasteiger partial charge >= 0.3 is 0 Å². The molecule has 0 aliphatic rings. The quantitative estimate of drug-likeness (QED) is 0.442. The number of benzene rings is 1. The van der Waals surface area contributed by atoms with Crippen molar-refractivity contribution in [2.75, 3.05) is 6.61 Å². The molecule has 0 aliphatic heterocycles. The summed E-state index contributed by atoms with van der Waals surface area (Å²) in [5.74, 6) is 0. The van der Waals surface area contributed by atoms with Crippen molar-refractivity contribution in [1.82, 2.24) is 0 Å². The SMILES string of the molecule is C=Cc1ccc(COOCC(C)O)cc1. The Morgan fingerprint density at radius 3 is 2.53 bits per heavy atom. The molecule has 1 rings (SSSR count). The van der Waals surface area contributed by atoms with Crippen molar-refractivity contribution in [1.29, 1.82) is 0 Å². The highest BCUT2D eigenvalue weighted by molar-refractivity contribution is 5.47. The maximum Gasteiger partial charge on any atom is 0.108 e. The van der Waals surface area contributed by atoms with Crippen LogP contribution in [0.2, 0.25) is 0 Å². The molecule has 1 atom stereocenters. The molecule has 3 heteroatoms. The number of hydrogen-bond acceptors (Lipinski definition) is 3. The summed E-state index contributed by atoms with van der Waals surface area (Å²) in [6.07, 6.45) is 1.28. The van der Waals surface area contributed by atoms with Crippen molar-refractivity contribution in [3.05, 3.63) is 42.0 Å². The summed E-state index contributed by atoms with van der Waals surface area (Å²) in [6, 6.07) is 7.81. The molecule has 1 N–H and O–H groups in total. The summed E-state index contributed by atoms with van der Waals surface area (Å²) >= 11 is 0. The number of rotatable bonds is 6. The van der Waals surface area contributed by atoms with Gasteiger partial charge in [0.05, 0.1) is 6.10 Å². The summed E-state index contributed by atoms with van der Waals surface area (Å²) in [5.41, 5.74) is 2.09. The lowest BCUT2D eigenvalue weighted by Crippen LogP contribution is -2.10. The molecule has 0 heterocycles. The first-order valence-corrected chi connectivity index (χ1v) is 4.86. The second kappa shape index (κ2) is 6.35. The van der Waals surface area contributed by atoms with E-state index < -0.39 is 6.10 Å². The van der Waals surface area contributed by atoms with Crippen LogP contribution in [0, 0.1) is 0 Å². The van der Waals surface area contributed by atoms with E-state index in [0.717, 1.165) is 11.1 Å². The summed E-state index contributed by atoms with van der Waals surface area (Å²) in [4.78, 5) is 9.70. The van der Waals surface area contributed by atoms with Crippen LogP contribution in [-0.2, 0) is 16.4 Å². The third-order valence-corrected chi connectivity index (χ3v) is 1.83. The van der Waals surface area contributed by atoms with Crippen LogP contribution >= 0.6 is 0 Å². The van der Waals surface area contributed by atoms with E-state index in [4.69, 9.17) is 14.9 Å². The van der Waals surface area contributed by atoms with Crippen LogP contribution in [0.25, 0.3) is 6.08 Å². The van der Waals surface area contributed by atoms with E-state index in [1.807, 2.05) is 24.3 Å². The minimum atomic E-state index is -0.506. The average molecular weight is 208 g/mol. The molecular formula is C12H16O3. The first-order valence-electron chi connectivity index (χ1n) is 4.86. The number of aliphatic hydroxyl groups excluding tert-OH is 1. The minimum Gasteiger partial charge on any atom is -0.391 e. The van der Waals surface area contributed by atoms with Gasteiger partial charge in [-0.15, -0.1) is 0 Å². The Bertz CT molecular complexity index is 290. The highest BCUT2D eigenvalue weighted by Crippen LogP contribution is 2.06. The van der Waals surface area contributed by atoms with Gasteiger partial charge in [-0.1, -0.05) is 36.9 Å². The highest BCUT2D eigenvalue weighted by Gasteiger charge is 1.97. The summed E-state index contributed by atoms with van der Waals surface area (Å²) in [5, 5.41) is 8.90. The summed E-state index contributed by atoms with van der Waals surface area (Å²) < 4.78 is 0. The second-order valence-corrected chi connectivity index (χ2v) is 3.34. The molecule has 1 aromatic rings. The molecule has 0 saturated carbocycles. The Morgan fingerprint density at radius 1 is 1.33 bits per heavy atom. The number of aliphatic hydroxyl groups is 1. The molecule has 15 heavy (non-hydrogen) atoms. The lowest BCUT2D eigenvalue weighted by molar-refractivity contribution is -0.312. The third kappa shape index (κ3) is 4.74. The van der Waals surface area contributed by atoms with Gasteiger partial charge in [0.25, 0.3) is 0 Å². The molecule has 82 valence electrons. The van der Waals surface area contributed by atoms with E-state index in [2.05, 4.69) is 6.58 Å². The molecule has 3 nitrogen and oxygen atoms in total. The zero-order chi connectivity index (χ0) is 11.1. The van der Waals surface area contributed by atoms with Gasteiger partial charge < -0.3 is 5.11 Å². The molecule has 0 fully saturated rings. The topological polar surface area (TPSA) is 38.7 Å². The largest absolute Gasteiger partial charge is 0.391 e. The Kier molecular flexibility index (Phi) is 5.04. The third-order valence-electron chi connectivity index (χ3n) is 1.83. The van der Waals surface area contributed by atoms with Gasteiger partial charge in [0, 0.05) is 0 Å². The molecule has 0 amide bonds. The zero-order valence-electron chi connectivity index (χ0n) is 8.85. The molecular weight excluding hydrogens is 192 g/mol. The van der Waals surface area contributed by atoms with Gasteiger partial charge in [-0.3, -0.25) is 0 Å². The molecule has 0 radical (unpaired) electrons. The van der Waals surface area contributed by atoms with Gasteiger partial charge in [0.1, 0.15) is 13.2 Å². The normalized spacial score (nSPS) is 12.4. The first kappa shape index (κ1) is 11.9. The van der Waals surface area contributed by atoms with Crippen molar-refractivity contribution in [2.45, 2.75) is 19.6 Å². The molecule has 1 aromatic carbocycles. The van der Waals surface area contributed by atoms with Crippen LogP contribution in [0.15, 0.2) is 30.8 Å². The van der Waals surface area contributed by atoms with Crippen LogP contribution < -0.4 is 0 Å². The zero-order valence-corrected chi connectivity index (χ0v) is 8.85. The van der Waals surface area contributed by atoms with Crippen LogP contribution in [0.1, 0.15) is 18.1 Å². The van der Waals surface area contributed by atoms with Crippen molar-refractivity contribution in [3.8, 4) is 0 Å². The lowest BCUT2D eigenvalue weighted by atomic mass is 10.1. The Labute approximate surface area is 89.9 Å². The summed E-state index contributed by atoms with van der Waals surface area (Å²) in [7, 11) is 0. The maximum atomic E-state index is 8.90. The van der Waals surface area contributed by atoms with Gasteiger partial charge in [-0.2, -0.15) is 0 Å². The van der Waals surface area contributed by atoms with Gasteiger partial charge in [0.2, 0.25) is 0 Å². The van der Waals surface area contributed by atoms with Crippen LogP contribution in [0.3, 0.4) is 0 Å². The van der Waals surface area contributed by atoms with E-state index in [1.54, 1.807) is 13.0 Å². The smallest absolute Gasteiger partial charge is 0.108 e. The van der Waals surface area contributed by atoms with Crippen molar-refractivity contribution < 1.29 is 14.9 Å². The predicted molar refractivity (Wildman–Crippen MR) is 59.0 cm³/mol. The fourth-order valence-corrected chi connectivity index (χ4v) is 1.01. The fraction of sp³-hybridized carbons (Fsp3) is 0.333. The maximum absolute atomic E-state index is 8.90. The van der Waals surface area contributed by atoms with E-state index in [-0.39, 0.29) is 6.61 Å². The molecule has 0 spiro atoms. The lowest BCUT2D eigenvalue weighted by Gasteiger charge is -2.05. The molecule has 0 bridgehead atoms. The van der Waals surface area contributed by atoms with Crippen molar-refractivity contribution >= 4 is 6.08 Å². The van der Waals surface area contributed by atoms with E-state index in [1.165, 1.54) is 0 Å². The Hall–Kier alpha value is -1.16. The standard InChI is InChI=1S/C12H16O3/c1-3-11-4-6-12(7-5-11)9-15-14-8-10(2)13/h3-7,10,13H,1,8-9H2,2H3. The second-order valence-electron chi connectivity index (χ2n) is 3.34. The number of hydrogen-bond donors (Lipinski definition) is 1. The van der Waals surface area contributed by atoms with Gasteiger partial charge in [-0.25, -0.2) is 9.78 Å². The van der Waals surface area contributed by atoms with Gasteiger partial charge in [0.15, 0.2) is 0 Å².